The first kappa shape index (κ1) is 27.8. The van der Waals surface area contributed by atoms with Crippen LogP contribution in [0.25, 0.3) is 11.3 Å². The van der Waals surface area contributed by atoms with Gasteiger partial charge in [-0.3, -0.25) is 19.0 Å². The van der Waals surface area contributed by atoms with Crippen molar-refractivity contribution in [2.24, 2.45) is 4.99 Å². The molecule has 0 aliphatic carbocycles. The molecular formula is C30H34N6O5. The zero-order valence-electron chi connectivity index (χ0n) is 23.9. The Labute approximate surface area is 237 Å². The average Bonchev–Trinajstić information content (AvgIpc) is 3.37. The monoisotopic (exact) mass is 558 g/mol. The molecule has 0 spiro atoms. The van der Waals surface area contributed by atoms with Crippen LogP contribution in [0.15, 0.2) is 46.3 Å². The molecule has 11 heteroatoms. The van der Waals surface area contributed by atoms with Gasteiger partial charge in [0.05, 0.1) is 25.1 Å². The standard InChI is InChI=1S/C30H34N6O5/c1-6-41-25-13-20-7-9-35-23(21(20)14-24(25)40-5)15-26(33-27-18(3)11-17(2)12-19(27)4)36(30(35)39)10-8-31-28(37)22-16-32-34-29(22)38/h11-16H,6-10H2,1-5H3,(H,31,37)(H2,32,34,38)/b33-26+. The molecule has 214 valence electrons. The number of rotatable bonds is 8. The van der Waals surface area contributed by atoms with Crippen molar-refractivity contribution in [1.29, 1.82) is 0 Å². The number of benzene rings is 2. The van der Waals surface area contributed by atoms with Crippen LogP contribution in [-0.2, 0) is 19.5 Å². The Kier molecular flexibility index (Phi) is 7.69. The van der Waals surface area contributed by atoms with Crippen LogP contribution in [-0.4, -0.2) is 50.6 Å². The van der Waals surface area contributed by atoms with Crippen molar-refractivity contribution in [3.63, 3.8) is 0 Å². The largest absolute Gasteiger partial charge is 0.493 e. The number of nitrogens with one attached hydrogen (secondary N) is 2. The molecule has 2 aromatic heterocycles. The number of aromatic amines is 1. The predicted molar refractivity (Wildman–Crippen MR) is 154 cm³/mol. The van der Waals surface area contributed by atoms with Crippen LogP contribution < -0.4 is 26.0 Å². The van der Waals surface area contributed by atoms with Crippen molar-refractivity contribution in [3.8, 4) is 28.6 Å². The number of hydrogen-bond donors (Lipinski definition) is 3. The first-order valence-electron chi connectivity index (χ1n) is 13.5. The molecule has 4 aromatic rings. The number of nitrogens with zero attached hydrogens (tertiary/aromatic N) is 4. The second-order valence-corrected chi connectivity index (χ2v) is 10.1. The molecule has 0 unspecified atom stereocenters. The van der Waals surface area contributed by atoms with E-state index in [0.29, 0.717) is 36.6 Å². The van der Waals surface area contributed by atoms with E-state index in [1.807, 2.05) is 45.9 Å². The average molecular weight is 559 g/mol. The summed E-state index contributed by atoms with van der Waals surface area (Å²) in [4.78, 5) is 31.5. The molecule has 0 radical (unpaired) electrons. The van der Waals surface area contributed by atoms with Crippen molar-refractivity contribution in [1.82, 2.24) is 24.6 Å². The summed E-state index contributed by atoms with van der Waals surface area (Å²) in [7, 11) is 1.60. The maximum absolute atomic E-state index is 14.0. The fraction of sp³-hybridized carbons (Fsp3) is 0.333. The van der Waals surface area contributed by atoms with E-state index in [0.717, 1.165) is 39.2 Å². The van der Waals surface area contributed by atoms with Crippen LogP contribution in [0.1, 0.15) is 39.5 Å². The zero-order chi connectivity index (χ0) is 29.3. The Morgan fingerprint density at radius 3 is 2.56 bits per heavy atom. The maximum atomic E-state index is 14.0. The Morgan fingerprint density at radius 1 is 1.15 bits per heavy atom. The Balaban J connectivity index is 1.63. The summed E-state index contributed by atoms with van der Waals surface area (Å²) in [5, 5.41) is 18.5. The van der Waals surface area contributed by atoms with Gasteiger partial charge in [0.1, 0.15) is 11.1 Å². The van der Waals surface area contributed by atoms with Crippen molar-refractivity contribution >= 4 is 11.6 Å². The fourth-order valence-electron chi connectivity index (χ4n) is 5.36. The predicted octanol–water partition coefficient (Wildman–Crippen LogP) is 3.30. The van der Waals surface area contributed by atoms with Gasteiger partial charge in [-0.05, 0) is 62.9 Å². The molecule has 0 saturated carbocycles. The molecule has 0 atom stereocenters. The van der Waals surface area contributed by atoms with E-state index in [-0.39, 0.29) is 30.2 Å². The second-order valence-electron chi connectivity index (χ2n) is 10.1. The van der Waals surface area contributed by atoms with Crippen LogP contribution in [0.5, 0.6) is 17.4 Å². The Bertz CT molecular complexity index is 1740. The molecular weight excluding hydrogens is 524 g/mol. The SMILES string of the molecule is CCOc1cc2c(cc1OC)-c1c/c(=N\c3c(C)cc(C)cc3C)n(CCNC(=O)c3c[nH]nc3O)c(=O)n1CC2. The smallest absolute Gasteiger partial charge is 0.330 e. The highest BCUT2D eigenvalue weighted by atomic mass is 16.5. The van der Waals surface area contributed by atoms with Crippen molar-refractivity contribution in [3.05, 3.63) is 80.3 Å². The van der Waals surface area contributed by atoms with E-state index < -0.39 is 5.91 Å². The van der Waals surface area contributed by atoms with Gasteiger partial charge < -0.3 is 19.9 Å². The molecule has 0 saturated heterocycles. The van der Waals surface area contributed by atoms with Crippen LogP contribution in [0.4, 0.5) is 5.69 Å². The number of aromatic nitrogens is 4. The number of aromatic hydroxyl groups is 1. The molecule has 1 amide bonds. The second kappa shape index (κ2) is 11.4. The number of fused-ring (bicyclic) bond motifs is 3. The third kappa shape index (κ3) is 5.34. The highest BCUT2D eigenvalue weighted by Crippen LogP contribution is 2.37. The summed E-state index contributed by atoms with van der Waals surface area (Å²) in [6, 6.07) is 9.95. The molecule has 3 heterocycles. The Hall–Kier alpha value is -4.80. The number of carbonyl (C=O) groups is 1. The number of aryl methyl sites for hydroxylation is 4. The lowest BCUT2D eigenvalue weighted by molar-refractivity contribution is 0.0949. The van der Waals surface area contributed by atoms with E-state index >= 15 is 0 Å². The van der Waals surface area contributed by atoms with Crippen molar-refractivity contribution < 1.29 is 19.4 Å². The Morgan fingerprint density at radius 2 is 1.90 bits per heavy atom. The van der Waals surface area contributed by atoms with Crippen LogP contribution >= 0.6 is 0 Å². The number of amides is 1. The molecule has 3 N–H and O–H groups in total. The van der Waals surface area contributed by atoms with Gasteiger partial charge in [0.25, 0.3) is 5.91 Å². The minimum absolute atomic E-state index is 0.0324. The van der Waals surface area contributed by atoms with Gasteiger partial charge in [-0.2, -0.15) is 0 Å². The molecule has 1 aliphatic rings. The summed E-state index contributed by atoms with van der Waals surface area (Å²) >= 11 is 0. The van der Waals surface area contributed by atoms with Crippen molar-refractivity contribution in [2.45, 2.75) is 47.2 Å². The zero-order valence-corrected chi connectivity index (χ0v) is 23.9. The van der Waals surface area contributed by atoms with Crippen molar-refractivity contribution in [2.75, 3.05) is 20.3 Å². The first-order chi connectivity index (χ1) is 19.7. The first-order valence-corrected chi connectivity index (χ1v) is 13.5. The van der Waals surface area contributed by atoms with Crippen LogP contribution in [0.3, 0.4) is 0 Å². The van der Waals surface area contributed by atoms with E-state index in [4.69, 9.17) is 14.5 Å². The highest BCUT2D eigenvalue weighted by molar-refractivity contribution is 5.95. The lowest BCUT2D eigenvalue weighted by Gasteiger charge is -2.25. The summed E-state index contributed by atoms with van der Waals surface area (Å²) in [6.45, 7) is 9.28. The van der Waals surface area contributed by atoms with E-state index in [9.17, 15) is 14.7 Å². The molecule has 0 fully saturated rings. The number of ether oxygens (including phenoxy) is 2. The fourth-order valence-corrected chi connectivity index (χ4v) is 5.36. The lowest BCUT2D eigenvalue weighted by atomic mass is 9.97. The number of H-pyrrole nitrogens is 1. The normalized spacial score (nSPS) is 12.6. The van der Waals surface area contributed by atoms with Gasteiger partial charge in [0.2, 0.25) is 5.88 Å². The maximum Gasteiger partial charge on any atom is 0.330 e. The summed E-state index contributed by atoms with van der Waals surface area (Å²) in [6.07, 6.45) is 1.97. The number of methoxy groups -OCH3 is 1. The van der Waals surface area contributed by atoms with E-state index in [2.05, 4.69) is 27.6 Å². The lowest BCUT2D eigenvalue weighted by Crippen LogP contribution is -2.44. The van der Waals surface area contributed by atoms with Gasteiger partial charge in [0.15, 0.2) is 11.5 Å². The van der Waals surface area contributed by atoms with Crippen LogP contribution in [0.2, 0.25) is 0 Å². The van der Waals surface area contributed by atoms with E-state index in [1.54, 1.807) is 16.2 Å². The summed E-state index contributed by atoms with van der Waals surface area (Å²) in [5.41, 5.74) is 6.88. The molecule has 0 bridgehead atoms. The minimum Gasteiger partial charge on any atom is -0.493 e. The molecule has 11 nitrogen and oxygen atoms in total. The van der Waals surface area contributed by atoms with Gasteiger partial charge in [-0.25, -0.2) is 9.79 Å². The topological polar surface area (TPSA) is 136 Å². The molecule has 2 aromatic carbocycles. The molecule has 5 rings (SSSR count). The summed E-state index contributed by atoms with van der Waals surface area (Å²) < 4.78 is 14.7. The highest BCUT2D eigenvalue weighted by Gasteiger charge is 2.23. The van der Waals surface area contributed by atoms with Gasteiger partial charge in [-0.1, -0.05) is 17.7 Å². The van der Waals surface area contributed by atoms with Gasteiger partial charge in [0, 0.05) is 37.5 Å². The third-order valence-electron chi connectivity index (χ3n) is 7.21. The molecule has 1 aliphatic heterocycles. The van der Waals surface area contributed by atoms with Gasteiger partial charge >= 0.3 is 5.69 Å². The number of carbonyl (C=O) groups excluding carboxylic acids is 1. The van der Waals surface area contributed by atoms with E-state index in [1.165, 1.54) is 6.20 Å². The molecule has 41 heavy (non-hydrogen) atoms. The summed E-state index contributed by atoms with van der Waals surface area (Å²) in [5.74, 6) is 0.388. The van der Waals surface area contributed by atoms with Gasteiger partial charge in [-0.15, -0.1) is 5.10 Å². The minimum atomic E-state index is -0.496. The third-order valence-corrected chi connectivity index (χ3v) is 7.21. The van der Waals surface area contributed by atoms with Crippen LogP contribution in [0, 0.1) is 20.8 Å². The number of hydrogen-bond acceptors (Lipinski definition) is 7. The quantitative estimate of drug-likeness (QED) is 0.304.